The van der Waals surface area contributed by atoms with Gasteiger partial charge in [-0.15, -0.1) is 0 Å². The van der Waals surface area contributed by atoms with Crippen LogP contribution in [0.2, 0.25) is 0 Å². The molecule has 1 aliphatic rings. The maximum absolute atomic E-state index is 12.3. The normalized spacial score (nSPS) is 15.7. The van der Waals surface area contributed by atoms with Gasteiger partial charge >= 0.3 is 6.09 Å². The number of anilines is 1. The van der Waals surface area contributed by atoms with Gasteiger partial charge in [0.05, 0.1) is 6.26 Å². The van der Waals surface area contributed by atoms with Crippen molar-refractivity contribution in [3.8, 4) is 5.75 Å². The lowest BCUT2D eigenvalue weighted by Gasteiger charge is -2.31. The minimum atomic E-state index is -3.14. The monoisotopic (exact) mass is 431 g/mol. The topological polar surface area (TPSA) is 79.0 Å². The van der Waals surface area contributed by atoms with Gasteiger partial charge in [0.15, 0.2) is 0 Å². The highest BCUT2D eigenvalue weighted by Gasteiger charge is 2.21. The molecule has 1 heterocycles. The number of piperidine rings is 1. The second-order valence-corrected chi connectivity index (χ2v) is 9.44. The van der Waals surface area contributed by atoms with E-state index in [1.165, 1.54) is 16.7 Å². The van der Waals surface area contributed by atoms with Gasteiger partial charge in [-0.3, -0.25) is 4.90 Å². The first-order valence-electron chi connectivity index (χ1n) is 10.1. The van der Waals surface area contributed by atoms with Crippen LogP contribution < -0.4 is 14.4 Å². The molecule has 8 heteroatoms. The Morgan fingerprint density at radius 2 is 1.73 bits per heavy atom. The van der Waals surface area contributed by atoms with E-state index in [2.05, 4.69) is 9.62 Å². The number of benzene rings is 2. The van der Waals surface area contributed by atoms with Gasteiger partial charge in [0.25, 0.3) is 0 Å². The van der Waals surface area contributed by atoms with Gasteiger partial charge in [-0.1, -0.05) is 30.3 Å². The second kappa shape index (κ2) is 10.1. The summed E-state index contributed by atoms with van der Waals surface area (Å²) in [6.07, 6.45) is 3.33. The highest BCUT2D eigenvalue weighted by atomic mass is 32.2. The Kier molecular flexibility index (Phi) is 7.47. The summed E-state index contributed by atoms with van der Waals surface area (Å²) in [4.78, 5) is 16.1. The van der Waals surface area contributed by atoms with Crippen LogP contribution in [0.4, 0.5) is 10.5 Å². The van der Waals surface area contributed by atoms with Crippen molar-refractivity contribution in [1.82, 2.24) is 9.62 Å². The van der Waals surface area contributed by atoms with Gasteiger partial charge in [-0.2, -0.15) is 0 Å². The number of sulfonamides is 1. The summed E-state index contributed by atoms with van der Waals surface area (Å²) in [5.74, 6) is 0.513. The summed E-state index contributed by atoms with van der Waals surface area (Å²) in [6, 6.07) is 17.0. The van der Waals surface area contributed by atoms with E-state index >= 15 is 0 Å². The summed E-state index contributed by atoms with van der Waals surface area (Å²) in [6.45, 7) is 2.69. The molecule has 2 aromatic carbocycles. The molecule has 0 aliphatic carbocycles. The molecule has 0 spiro atoms. The third kappa shape index (κ3) is 6.83. The van der Waals surface area contributed by atoms with Gasteiger partial charge in [-0.25, -0.2) is 17.9 Å². The summed E-state index contributed by atoms with van der Waals surface area (Å²) < 4.78 is 30.8. The molecule has 1 fully saturated rings. The molecule has 162 valence electrons. The van der Waals surface area contributed by atoms with Gasteiger partial charge in [0, 0.05) is 25.3 Å². The molecule has 0 aromatic heterocycles. The van der Waals surface area contributed by atoms with Crippen LogP contribution in [0.1, 0.15) is 18.4 Å². The van der Waals surface area contributed by atoms with E-state index in [-0.39, 0.29) is 6.04 Å². The van der Waals surface area contributed by atoms with Crippen LogP contribution in [0.15, 0.2) is 54.6 Å². The number of nitrogens with zero attached hydrogens (tertiary/aromatic N) is 2. The molecule has 1 N–H and O–H groups in total. The first-order valence-corrected chi connectivity index (χ1v) is 12.0. The first kappa shape index (κ1) is 22.3. The maximum atomic E-state index is 12.3. The summed E-state index contributed by atoms with van der Waals surface area (Å²) in [7, 11) is -1.46. The fraction of sp³-hybridized carbons (Fsp3) is 0.409. The number of likely N-dealkylation sites (tertiary alicyclic amines) is 1. The number of ether oxygens (including phenoxy) is 1. The average Bonchev–Trinajstić information content (AvgIpc) is 2.73. The average molecular weight is 432 g/mol. The van der Waals surface area contributed by atoms with Crippen molar-refractivity contribution in [3.05, 3.63) is 60.2 Å². The zero-order valence-corrected chi connectivity index (χ0v) is 18.3. The molecule has 7 nitrogen and oxygen atoms in total. The molecule has 0 radical (unpaired) electrons. The quantitative estimate of drug-likeness (QED) is 0.729. The molecule has 2 aromatic rings. The lowest BCUT2D eigenvalue weighted by molar-refractivity contribution is 0.208. The predicted molar refractivity (Wildman–Crippen MR) is 118 cm³/mol. The van der Waals surface area contributed by atoms with Crippen molar-refractivity contribution in [1.29, 1.82) is 0 Å². The Balaban J connectivity index is 1.43. The van der Waals surface area contributed by atoms with Gasteiger partial charge < -0.3 is 9.64 Å². The Hall–Kier alpha value is -2.42. The van der Waals surface area contributed by atoms with E-state index in [0.29, 0.717) is 5.75 Å². The molecular formula is C22H29N3O4S. The first-order chi connectivity index (χ1) is 14.3. The van der Waals surface area contributed by atoms with Gasteiger partial charge in [-0.05, 0) is 62.2 Å². The molecule has 0 bridgehead atoms. The van der Waals surface area contributed by atoms with Crippen molar-refractivity contribution in [2.45, 2.75) is 25.3 Å². The van der Waals surface area contributed by atoms with Crippen LogP contribution in [0, 0.1) is 0 Å². The van der Waals surface area contributed by atoms with E-state index in [1.807, 2.05) is 54.6 Å². The Labute approximate surface area is 178 Å². The van der Waals surface area contributed by atoms with Crippen LogP contribution >= 0.6 is 0 Å². The molecular weight excluding hydrogens is 402 g/mol. The Morgan fingerprint density at radius 1 is 1.10 bits per heavy atom. The van der Waals surface area contributed by atoms with E-state index < -0.39 is 16.1 Å². The Morgan fingerprint density at radius 3 is 2.33 bits per heavy atom. The lowest BCUT2D eigenvalue weighted by atomic mass is 10.1. The number of carbonyl (C=O) groups excluding carboxylic acids is 1. The smallest absolute Gasteiger partial charge is 0.410 e. The fourth-order valence-corrected chi connectivity index (χ4v) is 4.36. The highest BCUT2D eigenvalue weighted by molar-refractivity contribution is 7.88. The van der Waals surface area contributed by atoms with Crippen LogP contribution in [0.3, 0.4) is 0 Å². The van der Waals surface area contributed by atoms with Crippen LogP contribution in [0.5, 0.6) is 5.75 Å². The van der Waals surface area contributed by atoms with Gasteiger partial charge in [0.1, 0.15) is 5.75 Å². The fourth-order valence-electron chi connectivity index (χ4n) is 3.51. The number of rotatable bonds is 7. The largest absolute Gasteiger partial charge is 0.419 e. The lowest BCUT2D eigenvalue weighted by Crippen LogP contribution is -2.44. The summed E-state index contributed by atoms with van der Waals surface area (Å²) in [5, 5.41) is 0. The van der Waals surface area contributed by atoms with Crippen molar-refractivity contribution in [3.63, 3.8) is 0 Å². The van der Waals surface area contributed by atoms with Crippen molar-refractivity contribution in [2.75, 3.05) is 37.8 Å². The molecule has 3 rings (SSSR count). The molecule has 30 heavy (non-hydrogen) atoms. The summed E-state index contributed by atoms with van der Waals surface area (Å²) in [5.41, 5.74) is 1.94. The Bertz CT molecular complexity index is 925. The van der Waals surface area contributed by atoms with Crippen LogP contribution in [-0.4, -0.2) is 58.4 Å². The molecule has 0 saturated carbocycles. The third-order valence-corrected chi connectivity index (χ3v) is 5.99. The molecule has 1 aliphatic heterocycles. The van der Waals surface area contributed by atoms with Crippen molar-refractivity contribution < 1.29 is 17.9 Å². The predicted octanol–water partition coefficient (Wildman–Crippen LogP) is 2.88. The number of carbonyl (C=O) groups is 1. The van der Waals surface area contributed by atoms with E-state index in [0.717, 1.165) is 44.6 Å². The second-order valence-electron chi connectivity index (χ2n) is 7.66. The molecule has 0 unspecified atom stereocenters. The third-order valence-electron chi connectivity index (χ3n) is 5.23. The highest BCUT2D eigenvalue weighted by Crippen LogP contribution is 2.18. The zero-order valence-electron chi connectivity index (χ0n) is 17.5. The number of hydrogen-bond donors (Lipinski definition) is 1. The van der Waals surface area contributed by atoms with E-state index in [1.54, 1.807) is 7.05 Å². The van der Waals surface area contributed by atoms with Crippen LogP contribution in [-0.2, 0) is 16.4 Å². The van der Waals surface area contributed by atoms with Gasteiger partial charge in [0.2, 0.25) is 10.0 Å². The van der Waals surface area contributed by atoms with E-state index in [9.17, 15) is 13.2 Å². The molecule has 1 saturated heterocycles. The number of nitrogens with one attached hydrogen (secondary N) is 1. The van der Waals surface area contributed by atoms with Crippen LogP contribution in [0.25, 0.3) is 0 Å². The molecule has 0 atom stereocenters. The maximum Gasteiger partial charge on any atom is 0.419 e. The molecule has 1 amide bonds. The van der Waals surface area contributed by atoms with E-state index in [4.69, 9.17) is 4.74 Å². The summed E-state index contributed by atoms with van der Waals surface area (Å²) >= 11 is 0. The van der Waals surface area contributed by atoms with Crippen molar-refractivity contribution >= 4 is 21.8 Å². The standard InChI is InChI=1S/C22H29N3O4S/c1-24(20-6-4-3-5-7-20)22(26)29-21-10-8-18(9-11-21)12-15-25-16-13-19(14-17-25)23-30(2,27)28/h3-11,19,23H,12-17H2,1-2H3. The van der Waals surface area contributed by atoms with Crippen molar-refractivity contribution in [2.24, 2.45) is 0 Å². The number of hydrogen-bond acceptors (Lipinski definition) is 5. The SMILES string of the molecule is CN(C(=O)Oc1ccc(CCN2CCC(NS(C)(=O)=O)CC2)cc1)c1ccccc1. The number of para-hydroxylation sites is 1. The minimum Gasteiger partial charge on any atom is -0.410 e. The zero-order chi connectivity index (χ0) is 21.6. The minimum absolute atomic E-state index is 0.0410. The number of amides is 1.